The molecule has 0 spiro atoms. The fourth-order valence-corrected chi connectivity index (χ4v) is 0.916. The fraction of sp³-hybridized carbons (Fsp3) is 0.182. The summed E-state index contributed by atoms with van der Waals surface area (Å²) in [5.41, 5.74) is 5.92. The molecule has 0 unspecified atom stereocenters. The maximum absolute atomic E-state index is 13.2. The van der Waals surface area contributed by atoms with Gasteiger partial charge in [-0.1, -0.05) is 11.8 Å². The number of carbonyl (C=O) groups excluding carboxylic acids is 1. The van der Waals surface area contributed by atoms with E-state index < -0.39 is 11.8 Å². The number of nitrogen functional groups attached to an aromatic ring is 1. The van der Waals surface area contributed by atoms with Crippen LogP contribution in [-0.4, -0.2) is 13.1 Å². The average molecular weight is 207 g/mol. The predicted molar refractivity (Wildman–Crippen MR) is 54.3 cm³/mol. The van der Waals surface area contributed by atoms with Crippen LogP contribution in [0.5, 0.6) is 0 Å². The van der Waals surface area contributed by atoms with Gasteiger partial charge in [-0.2, -0.15) is 0 Å². The minimum atomic E-state index is -0.493. The van der Waals surface area contributed by atoms with Crippen molar-refractivity contribution in [3.8, 4) is 11.8 Å². The van der Waals surface area contributed by atoms with Crippen LogP contribution < -0.4 is 5.73 Å². The first-order valence-electron chi connectivity index (χ1n) is 4.24. The summed E-state index contributed by atoms with van der Waals surface area (Å²) in [7, 11) is 1.27. The fourth-order valence-electron chi connectivity index (χ4n) is 0.916. The highest BCUT2D eigenvalue weighted by Crippen LogP contribution is 2.10. The third-order valence-corrected chi connectivity index (χ3v) is 1.68. The standard InChI is InChI=1S/C11H10FNO2/c1-15-11(14)4-2-3-8-5-6-9(13)7-10(8)12/h5-7H,4,13H2,1H3. The van der Waals surface area contributed by atoms with Gasteiger partial charge in [0.05, 0.1) is 12.7 Å². The number of halogens is 1. The summed E-state index contributed by atoms with van der Waals surface area (Å²) in [4.78, 5) is 10.7. The summed E-state index contributed by atoms with van der Waals surface area (Å²) < 4.78 is 17.5. The van der Waals surface area contributed by atoms with Crippen molar-refractivity contribution in [2.45, 2.75) is 6.42 Å². The number of hydrogen-bond donors (Lipinski definition) is 1. The molecule has 0 radical (unpaired) electrons. The van der Waals surface area contributed by atoms with E-state index >= 15 is 0 Å². The summed E-state index contributed by atoms with van der Waals surface area (Å²) in [6.45, 7) is 0. The van der Waals surface area contributed by atoms with Gasteiger partial charge in [0.1, 0.15) is 12.2 Å². The molecule has 0 aliphatic carbocycles. The van der Waals surface area contributed by atoms with Crippen molar-refractivity contribution >= 4 is 11.7 Å². The molecule has 0 atom stereocenters. The van der Waals surface area contributed by atoms with Crippen molar-refractivity contribution in [3.63, 3.8) is 0 Å². The van der Waals surface area contributed by atoms with E-state index in [1.165, 1.54) is 19.2 Å². The molecule has 0 amide bonds. The van der Waals surface area contributed by atoms with Gasteiger partial charge in [-0.25, -0.2) is 4.39 Å². The molecule has 4 heteroatoms. The number of benzene rings is 1. The van der Waals surface area contributed by atoms with Crippen molar-refractivity contribution in [1.29, 1.82) is 0 Å². The number of carbonyl (C=O) groups is 1. The van der Waals surface area contributed by atoms with Crippen molar-refractivity contribution in [2.75, 3.05) is 12.8 Å². The first-order valence-corrected chi connectivity index (χ1v) is 4.24. The zero-order valence-electron chi connectivity index (χ0n) is 8.21. The van der Waals surface area contributed by atoms with E-state index in [4.69, 9.17) is 5.73 Å². The van der Waals surface area contributed by atoms with E-state index in [2.05, 4.69) is 16.6 Å². The Morgan fingerprint density at radius 3 is 2.93 bits per heavy atom. The topological polar surface area (TPSA) is 52.3 Å². The van der Waals surface area contributed by atoms with Crippen molar-refractivity contribution < 1.29 is 13.9 Å². The molecule has 15 heavy (non-hydrogen) atoms. The Balaban J connectivity index is 2.76. The second-order valence-electron chi connectivity index (χ2n) is 2.79. The van der Waals surface area contributed by atoms with Gasteiger partial charge in [-0.3, -0.25) is 4.79 Å². The van der Waals surface area contributed by atoms with E-state index in [1.54, 1.807) is 6.07 Å². The number of nitrogens with two attached hydrogens (primary N) is 1. The van der Waals surface area contributed by atoms with Crippen LogP contribution >= 0.6 is 0 Å². The molecule has 0 saturated heterocycles. The van der Waals surface area contributed by atoms with Crippen LogP contribution in [0.15, 0.2) is 18.2 Å². The Labute approximate surface area is 87.0 Å². The van der Waals surface area contributed by atoms with Gasteiger partial charge in [-0.15, -0.1) is 0 Å². The van der Waals surface area contributed by atoms with Crippen LogP contribution in [-0.2, 0) is 9.53 Å². The van der Waals surface area contributed by atoms with E-state index in [1.807, 2.05) is 0 Å². The normalized spacial score (nSPS) is 8.93. The van der Waals surface area contributed by atoms with E-state index in [-0.39, 0.29) is 12.0 Å². The molecule has 1 aromatic carbocycles. The Hall–Kier alpha value is -2.02. The van der Waals surface area contributed by atoms with E-state index in [9.17, 15) is 9.18 Å². The molecule has 0 heterocycles. The first kappa shape index (κ1) is 11.1. The molecule has 0 saturated carbocycles. The Bertz CT molecular complexity index is 432. The molecule has 0 aliphatic rings. The maximum atomic E-state index is 13.2. The monoisotopic (exact) mass is 207 g/mol. The minimum absolute atomic E-state index is 0.0552. The predicted octanol–water partition coefficient (Wildman–Crippen LogP) is 1.32. The quantitative estimate of drug-likeness (QED) is 0.429. The molecule has 0 fully saturated rings. The van der Waals surface area contributed by atoms with E-state index in [0.717, 1.165) is 0 Å². The Morgan fingerprint density at radius 2 is 2.33 bits per heavy atom. The summed E-state index contributed by atoms with van der Waals surface area (Å²) >= 11 is 0. The van der Waals surface area contributed by atoms with Gasteiger partial charge in [0, 0.05) is 5.69 Å². The molecular formula is C11H10FNO2. The highest BCUT2D eigenvalue weighted by atomic mass is 19.1. The lowest BCUT2D eigenvalue weighted by Gasteiger charge is -1.95. The summed E-state index contributed by atoms with van der Waals surface area (Å²) in [5.74, 6) is 4.09. The summed E-state index contributed by atoms with van der Waals surface area (Å²) in [5, 5.41) is 0. The molecule has 1 aromatic rings. The number of rotatable bonds is 1. The summed E-state index contributed by atoms with van der Waals surface area (Å²) in [6, 6.07) is 4.20. The average Bonchev–Trinajstić information content (AvgIpc) is 2.21. The van der Waals surface area contributed by atoms with Crippen molar-refractivity contribution in [1.82, 2.24) is 0 Å². The largest absolute Gasteiger partial charge is 0.468 e. The van der Waals surface area contributed by atoms with Gasteiger partial charge < -0.3 is 10.5 Å². The molecule has 78 valence electrons. The highest BCUT2D eigenvalue weighted by Gasteiger charge is 1.99. The van der Waals surface area contributed by atoms with Crippen LogP contribution in [0, 0.1) is 17.7 Å². The van der Waals surface area contributed by atoms with Crippen LogP contribution in [0.4, 0.5) is 10.1 Å². The maximum Gasteiger partial charge on any atom is 0.317 e. The molecule has 0 aliphatic heterocycles. The molecular weight excluding hydrogens is 197 g/mol. The lowest BCUT2D eigenvalue weighted by Crippen LogP contribution is -1.97. The summed E-state index contributed by atoms with van der Waals surface area (Å²) in [6.07, 6.45) is -0.0552. The molecule has 0 bridgehead atoms. The zero-order valence-corrected chi connectivity index (χ0v) is 8.21. The lowest BCUT2D eigenvalue weighted by molar-refractivity contribution is -0.139. The van der Waals surface area contributed by atoms with Gasteiger partial charge >= 0.3 is 5.97 Å². The smallest absolute Gasteiger partial charge is 0.317 e. The van der Waals surface area contributed by atoms with E-state index in [0.29, 0.717) is 5.69 Å². The molecule has 0 aromatic heterocycles. The second-order valence-corrected chi connectivity index (χ2v) is 2.79. The first-order chi connectivity index (χ1) is 7.13. The number of methoxy groups -OCH3 is 1. The Kier molecular flexibility index (Phi) is 3.69. The van der Waals surface area contributed by atoms with Gasteiger partial charge in [-0.05, 0) is 18.2 Å². The third kappa shape index (κ3) is 3.31. The van der Waals surface area contributed by atoms with Crippen molar-refractivity contribution in [2.24, 2.45) is 0 Å². The number of anilines is 1. The van der Waals surface area contributed by atoms with Gasteiger partial charge in [0.25, 0.3) is 0 Å². The zero-order chi connectivity index (χ0) is 11.3. The minimum Gasteiger partial charge on any atom is -0.468 e. The number of hydrogen-bond acceptors (Lipinski definition) is 3. The van der Waals surface area contributed by atoms with Gasteiger partial charge in [0.15, 0.2) is 0 Å². The lowest BCUT2D eigenvalue weighted by atomic mass is 10.2. The SMILES string of the molecule is COC(=O)CC#Cc1ccc(N)cc1F. The molecule has 1 rings (SSSR count). The molecule has 3 nitrogen and oxygen atoms in total. The number of ether oxygens (including phenoxy) is 1. The molecule has 2 N–H and O–H groups in total. The Morgan fingerprint density at radius 1 is 1.60 bits per heavy atom. The van der Waals surface area contributed by atoms with Crippen LogP contribution in [0.1, 0.15) is 12.0 Å². The van der Waals surface area contributed by atoms with Crippen molar-refractivity contribution in [3.05, 3.63) is 29.6 Å². The van der Waals surface area contributed by atoms with Gasteiger partial charge in [0.2, 0.25) is 0 Å². The third-order valence-electron chi connectivity index (χ3n) is 1.68. The number of esters is 1. The van der Waals surface area contributed by atoms with Crippen LogP contribution in [0.3, 0.4) is 0 Å². The highest BCUT2D eigenvalue weighted by molar-refractivity contribution is 5.72. The van der Waals surface area contributed by atoms with Crippen LogP contribution in [0.2, 0.25) is 0 Å². The second kappa shape index (κ2) is 5.01. The van der Waals surface area contributed by atoms with Crippen LogP contribution in [0.25, 0.3) is 0 Å².